The molecule has 1 aromatic heterocycles. The summed E-state index contributed by atoms with van der Waals surface area (Å²) in [4.78, 5) is 20.3. The maximum absolute atomic E-state index is 11.4. The van der Waals surface area contributed by atoms with Gasteiger partial charge in [-0.1, -0.05) is 0 Å². The van der Waals surface area contributed by atoms with E-state index in [0.717, 1.165) is 36.9 Å². The highest BCUT2D eigenvalue weighted by Crippen LogP contribution is 2.22. The number of pyridine rings is 1. The number of nitrogens with zero attached hydrogens (tertiary/aromatic N) is 3. The summed E-state index contributed by atoms with van der Waals surface area (Å²) in [5, 5.41) is 0. The van der Waals surface area contributed by atoms with Crippen LogP contribution in [0.4, 0.5) is 5.82 Å². The van der Waals surface area contributed by atoms with Crippen LogP contribution in [-0.4, -0.2) is 49.4 Å². The number of ketones is 1. The molecule has 1 aliphatic rings. The minimum Gasteiger partial charge on any atom is -0.357 e. The number of anilines is 1. The van der Waals surface area contributed by atoms with Gasteiger partial charge in [-0.05, 0) is 51.9 Å². The first-order chi connectivity index (χ1) is 9.06. The van der Waals surface area contributed by atoms with Crippen LogP contribution in [0.25, 0.3) is 0 Å². The van der Waals surface area contributed by atoms with Crippen LogP contribution in [0.1, 0.15) is 30.1 Å². The van der Waals surface area contributed by atoms with Crippen LogP contribution in [-0.2, 0) is 0 Å². The molecule has 0 atom stereocenters. The van der Waals surface area contributed by atoms with Gasteiger partial charge >= 0.3 is 0 Å². The van der Waals surface area contributed by atoms with E-state index in [1.807, 2.05) is 6.07 Å². The number of Topliss-reactive ketones (excluding diaryl/α,β-unsaturated/α-hetero) is 1. The molecule has 4 nitrogen and oxygen atoms in total. The lowest BCUT2D eigenvalue weighted by molar-refractivity contribution is 0.101. The van der Waals surface area contributed by atoms with E-state index in [4.69, 9.17) is 0 Å². The Morgan fingerprint density at radius 3 is 2.68 bits per heavy atom. The average molecular weight is 261 g/mol. The molecule has 0 amide bonds. The molecule has 0 aliphatic carbocycles. The monoisotopic (exact) mass is 261 g/mol. The number of hydrogen-bond donors (Lipinski definition) is 0. The predicted molar refractivity (Wildman–Crippen MR) is 77.7 cm³/mol. The van der Waals surface area contributed by atoms with Crippen LogP contribution in [0.2, 0.25) is 0 Å². The molecule has 0 spiro atoms. The zero-order chi connectivity index (χ0) is 13.8. The predicted octanol–water partition coefficient (Wildman–Crippen LogP) is 2.06. The molecule has 0 bridgehead atoms. The molecule has 4 heteroatoms. The summed E-state index contributed by atoms with van der Waals surface area (Å²) >= 11 is 0. The highest BCUT2D eigenvalue weighted by Gasteiger charge is 2.20. The van der Waals surface area contributed by atoms with Gasteiger partial charge in [0.1, 0.15) is 5.82 Å². The summed E-state index contributed by atoms with van der Waals surface area (Å²) in [6, 6.07) is 3.69. The molecular weight excluding hydrogens is 238 g/mol. The van der Waals surface area contributed by atoms with Gasteiger partial charge in [-0.3, -0.25) is 4.79 Å². The number of rotatable bonds is 4. The van der Waals surface area contributed by atoms with E-state index < -0.39 is 0 Å². The highest BCUT2D eigenvalue weighted by molar-refractivity contribution is 5.94. The Hall–Kier alpha value is -1.42. The molecular formula is C15H23N3O. The van der Waals surface area contributed by atoms with Gasteiger partial charge in [0.05, 0.1) is 0 Å². The standard InChI is InChI=1S/C15H23N3O/c1-12(19)14-4-7-16-15(10-14)18-8-5-13(6-9-18)11-17(2)3/h4,7,10,13H,5-6,8-9,11H2,1-3H3. The van der Waals surface area contributed by atoms with Gasteiger partial charge in [0, 0.05) is 31.4 Å². The highest BCUT2D eigenvalue weighted by atomic mass is 16.1. The number of hydrogen-bond acceptors (Lipinski definition) is 4. The lowest BCUT2D eigenvalue weighted by Gasteiger charge is -2.34. The molecule has 0 aromatic carbocycles. The van der Waals surface area contributed by atoms with E-state index >= 15 is 0 Å². The van der Waals surface area contributed by atoms with Crippen LogP contribution >= 0.6 is 0 Å². The summed E-state index contributed by atoms with van der Waals surface area (Å²) in [5.41, 5.74) is 0.750. The Morgan fingerprint density at radius 1 is 1.42 bits per heavy atom. The largest absolute Gasteiger partial charge is 0.357 e. The van der Waals surface area contributed by atoms with Gasteiger partial charge < -0.3 is 9.80 Å². The Labute approximate surface area is 115 Å². The lowest BCUT2D eigenvalue weighted by Crippen LogP contribution is -2.37. The molecule has 2 rings (SSSR count). The number of carbonyl (C=O) groups excluding carboxylic acids is 1. The third-order valence-corrected chi connectivity index (χ3v) is 3.71. The van der Waals surface area contributed by atoms with Crippen molar-refractivity contribution in [3.05, 3.63) is 23.9 Å². The molecule has 0 saturated carbocycles. The third-order valence-electron chi connectivity index (χ3n) is 3.71. The second-order valence-corrected chi connectivity index (χ2v) is 5.65. The van der Waals surface area contributed by atoms with Crippen molar-refractivity contribution in [1.29, 1.82) is 0 Å². The molecule has 1 fully saturated rings. The maximum Gasteiger partial charge on any atom is 0.159 e. The number of piperidine rings is 1. The van der Waals surface area contributed by atoms with E-state index in [9.17, 15) is 4.79 Å². The van der Waals surface area contributed by atoms with Crippen molar-refractivity contribution >= 4 is 11.6 Å². The van der Waals surface area contributed by atoms with Gasteiger partial charge in [0.25, 0.3) is 0 Å². The fraction of sp³-hybridized carbons (Fsp3) is 0.600. The molecule has 104 valence electrons. The average Bonchev–Trinajstić information content (AvgIpc) is 2.39. The first-order valence-electron chi connectivity index (χ1n) is 6.93. The van der Waals surface area contributed by atoms with Crippen molar-refractivity contribution in [3.8, 4) is 0 Å². The minimum atomic E-state index is 0.103. The molecule has 19 heavy (non-hydrogen) atoms. The summed E-state index contributed by atoms with van der Waals surface area (Å²) in [6.07, 6.45) is 4.13. The van der Waals surface area contributed by atoms with Gasteiger partial charge in [0.2, 0.25) is 0 Å². The van der Waals surface area contributed by atoms with Crippen LogP contribution in [0.3, 0.4) is 0 Å². The lowest BCUT2D eigenvalue weighted by atomic mass is 9.96. The SMILES string of the molecule is CC(=O)c1ccnc(N2CCC(CN(C)C)CC2)c1. The zero-order valence-corrected chi connectivity index (χ0v) is 12.1. The second-order valence-electron chi connectivity index (χ2n) is 5.65. The van der Waals surface area contributed by atoms with Crippen LogP contribution in [0.15, 0.2) is 18.3 Å². The van der Waals surface area contributed by atoms with Crippen LogP contribution in [0, 0.1) is 5.92 Å². The van der Waals surface area contributed by atoms with Crippen molar-refractivity contribution in [2.24, 2.45) is 5.92 Å². The summed E-state index contributed by atoms with van der Waals surface area (Å²) in [6.45, 7) is 4.83. The number of carbonyl (C=O) groups is 1. The fourth-order valence-electron chi connectivity index (χ4n) is 2.67. The Morgan fingerprint density at radius 2 is 2.11 bits per heavy atom. The first-order valence-corrected chi connectivity index (χ1v) is 6.93. The van der Waals surface area contributed by atoms with Gasteiger partial charge in [-0.25, -0.2) is 4.98 Å². The molecule has 0 N–H and O–H groups in total. The molecule has 1 saturated heterocycles. The molecule has 2 heterocycles. The Bertz CT molecular complexity index is 437. The van der Waals surface area contributed by atoms with E-state index in [0.29, 0.717) is 0 Å². The Kier molecular flexibility index (Phi) is 4.53. The molecule has 1 aliphatic heterocycles. The van der Waals surface area contributed by atoms with Gasteiger partial charge in [-0.15, -0.1) is 0 Å². The first kappa shape index (κ1) is 14.0. The summed E-state index contributed by atoms with van der Waals surface area (Å²) in [7, 11) is 4.26. The Balaban J connectivity index is 1.97. The molecule has 0 unspecified atom stereocenters. The van der Waals surface area contributed by atoms with Crippen LogP contribution < -0.4 is 4.90 Å². The quantitative estimate of drug-likeness (QED) is 0.777. The minimum absolute atomic E-state index is 0.103. The summed E-state index contributed by atoms with van der Waals surface area (Å²) in [5.74, 6) is 1.82. The zero-order valence-electron chi connectivity index (χ0n) is 12.1. The third kappa shape index (κ3) is 3.77. The van der Waals surface area contributed by atoms with Crippen molar-refractivity contribution in [2.45, 2.75) is 19.8 Å². The van der Waals surface area contributed by atoms with E-state index in [1.165, 1.54) is 12.8 Å². The fourth-order valence-corrected chi connectivity index (χ4v) is 2.67. The molecule has 1 aromatic rings. The number of aromatic nitrogens is 1. The van der Waals surface area contributed by atoms with Gasteiger partial charge in [0.15, 0.2) is 5.78 Å². The normalized spacial score (nSPS) is 16.9. The van der Waals surface area contributed by atoms with E-state index in [-0.39, 0.29) is 5.78 Å². The maximum atomic E-state index is 11.4. The second kappa shape index (κ2) is 6.15. The van der Waals surface area contributed by atoms with Crippen molar-refractivity contribution in [3.63, 3.8) is 0 Å². The molecule has 0 radical (unpaired) electrons. The van der Waals surface area contributed by atoms with Gasteiger partial charge in [-0.2, -0.15) is 0 Å². The topological polar surface area (TPSA) is 36.4 Å². The van der Waals surface area contributed by atoms with Crippen molar-refractivity contribution in [1.82, 2.24) is 9.88 Å². The summed E-state index contributed by atoms with van der Waals surface area (Å²) < 4.78 is 0. The van der Waals surface area contributed by atoms with Crippen molar-refractivity contribution in [2.75, 3.05) is 38.6 Å². The smallest absolute Gasteiger partial charge is 0.159 e. The van der Waals surface area contributed by atoms with Crippen LogP contribution in [0.5, 0.6) is 0 Å². The van der Waals surface area contributed by atoms with E-state index in [1.54, 1.807) is 19.2 Å². The van der Waals surface area contributed by atoms with E-state index in [2.05, 4.69) is 28.9 Å². The van der Waals surface area contributed by atoms with Crippen molar-refractivity contribution < 1.29 is 4.79 Å².